The van der Waals surface area contributed by atoms with Crippen molar-refractivity contribution in [2.24, 2.45) is 5.92 Å². The minimum absolute atomic E-state index is 0.145. The average Bonchev–Trinajstić information content (AvgIpc) is 2.30. The van der Waals surface area contributed by atoms with E-state index in [9.17, 15) is 9.90 Å². The number of fused-ring (bicyclic) bond motifs is 1. The Morgan fingerprint density at radius 3 is 3.06 bits per heavy atom. The molecule has 1 saturated carbocycles. The van der Waals surface area contributed by atoms with Crippen LogP contribution in [0.25, 0.3) is 0 Å². The third-order valence-corrected chi connectivity index (χ3v) is 4.17. The molecule has 0 aromatic rings. The first-order valence-electron chi connectivity index (χ1n) is 6.74. The Morgan fingerprint density at radius 2 is 2.29 bits per heavy atom. The predicted molar refractivity (Wildman–Crippen MR) is 64.6 cm³/mol. The van der Waals surface area contributed by atoms with Crippen LogP contribution in [0, 0.1) is 5.92 Å². The van der Waals surface area contributed by atoms with Gasteiger partial charge in [-0.1, -0.05) is 12.8 Å². The highest BCUT2D eigenvalue weighted by Crippen LogP contribution is 2.39. The number of esters is 1. The quantitative estimate of drug-likeness (QED) is 0.754. The second-order valence-electron chi connectivity index (χ2n) is 5.34. The highest BCUT2D eigenvalue weighted by Gasteiger charge is 2.42. The summed E-state index contributed by atoms with van der Waals surface area (Å²) >= 11 is 0. The number of hydrogen-bond donors (Lipinski definition) is 1. The van der Waals surface area contributed by atoms with Gasteiger partial charge in [0, 0.05) is 19.0 Å². The second kappa shape index (κ2) is 5.36. The van der Waals surface area contributed by atoms with E-state index in [0.29, 0.717) is 19.1 Å². The Balaban J connectivity index is 1.86. The van der Waals surface area contributed by atoms with E-state index in [0.717, 1.165) is 38.8 Å². The zero-order valence-corrected chi connectivity index (χ0v) is 10.7. The number of aliphatic hydroxyl groups is 1. The molecule has 1 saturated heterocycles. The van der Waals surface area contributed by atoms with Crippen molar-refractivity contribution < 1.29 is 14.6 Å². The fourth-order valence-electron chi connectivity index (χ4n) is 3.17. The maximum Gasteiger partial charge on any atom is 0.320 e. The van der Waals surface area contributed by atoms with Gasteiger partial charge in [-0.25, -0.2) is 0 Å². The standard InChI is InChI=1S/C13H23NO3/c1-2-17-12(15)10-14-8-7-13(16)6-4-3-5-11(13)9-14/h11,16H,2-10H2,1H3. The molecular weight excluding hydrogens is 218 g/mol. The van der Waals surface area contributed by atoms with E-state index in [-0.39, 0.29) is 5.97 Å². The smallest absolute Gasteiger partial charge is 0.320 e. The van der Waals surface area contributed by atoms with Gasteiger partial charge in [-0.3, -0.25) is 9.69 Å². The lowest BCUT2D eigenvalue weighted by Gasteiger charge is -2.47. The first-order valence-corrected chi connectivity index (χ1v) is 6.74. The van der Waals surface area contributed by atoms with E-state index in [1.807, 2.05) is 6.92 Å². The molecule has 1 aliphatic carbocycles. The van der Waals surface area contributed by atoms with E-state index < -0.39 is 5.60 Å². The van der Waals surface area contributed by atoms with Crippen LogP contribution in [0.2, 0.25) is 0 Å². The molecule has 1 heterocycles. The normalized spacial score (nSPS) is 34.1. The molecular formula is C13H23NO3. The topological polar surface area (TPSA) is 49.8 Å². The summed E-state index contributed by atoms with van der Waals surface area (Å²) in [4.78, 5) is 13.6. The van der Waals surface area contributed by atoms with E-state index in [1.54, 1.807) is 0 Å². The molecule has 2 rings (SSSR count). The average molecular weight is 241 g/mol. The molecule has 4 heteroatoms. The van der Waals surface area contributed by atoms with Gasteiger partial charge in [-0.05, 0) is 26.2 Å². The highest BCUT2D eigenvalue weighted by atomic mass is 16.5. The number of carbonyl (C=O) groups is 1. The van der Waals surface area contributed by atoms with Crippen LogP contribution < -0.4 is 0 Å². The molecule has 1 aliphatic heterocycles. The number of rotatable bonds is 3. The number of ether oxygens (including phenoxy) is 1. The van der Waals surface area contributed by atoms with Gasteiger partial charge in [-0.2, -0.15) is 0 Å². The van der Waals surface area contributed by atoms with E-state index in [4.69, 9.17) is 4.74 Å². The van der Waals surface area contributed by atoms with Crippen molar-refractivity contribution in [1.82, 2.24) is 4.90 Å². The Morgan fingerprint density at radius 1 is 1.47 bits per heavy atom. The van der Waals surface area contributed by atoms with Gasteiger partial charge >= 0.3 is 5.97 Å². The van der Waals surface area contributed by atoms with E-state index in [1.165, 1.54) is 6.42 Å². The van der Waals surface area contributed by atoms with Crippen LogP contribution in [0.5, 0.6) is 0 Å². The van der Waals surface area contributed by atoms with Crippen LogP contribution >= 0.6 is 0 Å². The fourth-order valence-corrected chi connectivity index (χ4v) is 3.17. The summed E-state index contributed by atoms with van der Waals surface area (Å²) in [5, 5.41) is 10.5. The monoisotopic (exact) mass is 241 g/mol. The first-order chi connectivity index (χ1) is 8.14. The molecule has 2 fully saturated rings. The molecule has 1 N–H and O–H groups in total. The Hall–Kier alpha value is -0.610. The molecule has 0 bridgehead atoms. The van der Waals surface area contributed by atoms with Gasteiger partial charge in [0.2, 0.25) is 0 Å². The van der Waals surface area contributed by atoms with Crippen LogP contribution in [0.3, 0.4) is 0 Å². The van der Waals surface area contributed by atoms with Gasteiger partial charge in [0.1, 0.15) is 0 Å². The summed E-state index contributed by atoms with van der Waals surface area (Å²) in [6.45, 7) is 4.30. The Labute approximate surface area is 103 Å². The van der Waals surface area contributed by atoms with Crippen molar-refractivity contribution in [1.29, 1.82) is 0 Å². The Kier molecular flexibility index (Phi) is 4.05. The molecule has 98 valence electrons. The maximum atomic E-state index is 11.4. The van der Waals surface area contributed by atoms with Gasteiger partial charge < -0.3 is 9.84 Å². The summed E-state index contributed by atoms with van der Waals surface area (Å²) in [5.41, 5.74) is -0.455. The molecule has 0 amide bonds. The minimum atomic E-state index is -0.455. The van der Waals surface area contributed by atoms with Crippen molar-refractivity contribution in [3.05, 3.63) is 0 Å². The maximum absolute atomic E-state index is 11.4. The summed E-state index contributed by atoms with van der Waals surface area (Å²) in [6.07, 6.45) is 5.18. The zero-order valence-electron chi connectivity index (χ0n) is 10.7. The SMILES string of the molecule is CCOC(=O)CN1CCC2(O)CCCCC2C1. The third kappa shape index (κ3) is 2.99. The van der Waals surface area contributed by atoms with Crippen molar-refractivity contribution in [3.8, 4) is 0 Å². The largest absolute Gasteiger partial charge is 0.465 e. The highest BCUT2D eigenvalue weighted by molar-refractivity contribution is 5.71. The molecule has 0 aromatic heterocycles. The molecule has 0 aromatic carbocycles. The van der Waals surface area contributed by atoms with Crippen molar-refractivity contribution in [2.45, 2.75) is 44.6 Å². The molecule has 2 atom stereocenters. The predicted octanol–water partition coefficient (Wildman–Crippen LogP) is 1.18. The van der Waals surface area contributed by atoms with Crippen LogP contribution in [0.15, 0.2) is 0 Å². The number of carbonyl (C=O) groups excluding carboxylic acids is 1. The summed E-state index contributed by atoms with van der Waals surface area (Å²) in [5.74, 6) is 0.202. The van der Waals surface area contributed by atoms with E-state index >= 15 is 0 Å². The van der Waals surface area contributed by atoms with Gasteiger partial charge in [-0.15, -0.1) is 0 Å². The number of nitrogens with zero attached hydrogens (tertiary/aromatic N) is 1. The molecule has 0 radical (unpaired) electrons. The zero-order chi connectivity index (χ0) is 12.3. The number of hydrogen-bond acceptors (Lipinski definition) is 4. The van der Waals surface area contributed by atoms with Crippen molar-refractivity contribution in [2.75, 3.05) is 26.2 Å². The van der Waals surface area contributed by atoms with Crippen molar-refractivity contribution in [3.63, 3.8) is 0 Å². The molecule has 17 heavy (non-hydrogen) atoms. The lowest BCUT2D eigenvalue weighted by atomic mass is 9.71. The van der Waals surface area contributed by atoms with Crippen LogP contribution in [0.1, 0.15) is 39.0 Å². The van der Waals surface area contributed by atoms with Gasteiger partial charge in [0.25, 0.3) is 0 Å². The molecule has 2 unspecified atom stereocenters. The van der Waals surface area contributed by atoms with Crippen LogP contribution in [0.4, 0.5) is 0 Å². The van der Waals surface area contributed by atoms with Gasteiger partial charge in [0.15, 0.2) is 0 Å². The molecule has 4 nitrogen and oxygen atoms in total. The minimum Gasteiger partial charge on any atom is -0.465 e. The van der Waals surface area contributed by atoms with Crippen LogP contribution in [-0.4, -0.2) is 47.8 Å². The molecule has 2 aliphatic rings. The molecule has 0 spiro atoms. The summed E-state index contributed by atoms with van der Waals surface area (Å²) in [6, 6.07) is 0. The van der Waals surface area contributed by atoms with Crippen LogP contribution in [-0.2, 0) is 9.53 Å². The summed E-state index contributed by atoms with van der Waals surface area (Å²) < 4.78 is 4.96. The third-order valence-electron chi connectivity index (χ3n) is 4.17. The lowest BCUT2D eigenvalue weighted by Crippen LogP contribution is -2.54. The Bertz CT molecular complexity index is 282. The number of likely N-dealkylation sites (tertiary alicyclic amines) is 1. The summed E-state index contributed by atoms with van der Waals surface area (Å²) in [7, 11) is 0. The van der Waals surface area contributed by atoms with E-state index in [2.05, 4.69) is 4.90 Å². The second-order valence-corrected chi connectivity index (χ2v) is 5.34. The van der Waals surface area contributed by atoms with Gasteiger partial charge in [0.05, 0.1) is 18.8 Å². The fraction of sp³-hybridized carbons (Fsp3) is 0.923. The first kappa shape index (κ1) is 12.8. The van der Waals surface area contributed by atoms with Crippen molar-refractivity contribution >= 4 is 5.97 Å². The number of piperidine rings is 1. The lowest BCUT2D eigenvalue weighted by molar-refractivity contribution is -0.148.